The maximum absolute atomic E-state index is 12.7. The fourth-order valence-corrected chi connectivity index (χ4v) is 3.40. The van der Waals surface area contributed by atoms with Crippen LogP contribution in [-0.4, -0.2) is 25.7 Å². The number of aromatic nitrogens is 4. The number of para-hydroxylation sites is 1. The third-order valence-corrected chi connectivity index (χ3v) is 4.86. The van der Waals surface area contributed by atoms with Gasteiger partial charge in [0, 0.05) is 11.6 Å². The Balaban J connectivity index is 1.93. The second kappa shape index (κ2) is 6.68. The first-order valence-corrected chi connectivity index (χ1v) is 9.01. The van der Waals surface area contributed by atoms with Crippen molar-refractivity contribution in [2.75, 3.05) is 5.32 Å². The van der Waals surface area contributed by atoms with Gasteiger partial charge in [-0.1, -0.05) is 57.2 Å². The maximum atomic E-state index is 12.7. The van der Waals surface area contributed by atoms with Crippen LogP contribution in [-0.2, 0) is 12.8 Å². The minimum Gasteiger partial charge on any atom is -0.319 e. The van der Waals surface area contributed by atoms with E-state index in [0.29, 0.717) is 9.97 Å². The number of anilines is 1. The summed E-state index contributed by atoms with van der Waals surface area (Å²) in [5, 5.41) is 16.1. The standard InChI is InChI=1S/C17H21N5OS/c1-5-11-8-7-9-12(6-2)13(11)18-15(23)16-21-22-14(10(3)4)19-20-17(22)24-16/h7-10H,5-6H2,1-4H3,(H,18,23). The van der Waals surface area contributed by atoms with Gasteiger partial charge in [0.1, 0.15) is 0 Å². The topological polar surface area (TPSA) is 72.2 Å². The van der Waals surface area contributed by atoms with Crippen molar-refractivity contribution in [2.24, 2.45) is 0 Å². The fourth-order valence-electron chi connectivity index (χ4n) is 2.65. The van der Waals surface area contributed by atoms with Crippen molar-refractivity contribution in [1.29, 1.82) is 0 Å². The molecule has 6 nitrogen and oxygen atoms in total. The fraction of sp³-hybridized carbons (Fsp3) is 0.412. The first kappa shape index (κ1) is 16.6. The lowest BCUT2D eigenvalue weighted by Crippen LogP contribution is -2.15. The number of nitrogens with one attached hydrogen (secondary N) is 1. The van der Waals surface area contributed by atoms with Gasteiger partial charge in [-0.15, -0.1) is 15.3 Å². The van der Waals surface area contributed by atoms with Crippen molar-refractivity contribution in [3.8, 4) is 0 Å². The molecule has 0 unspecified atom stereocenters. The molecule has 0 bridgehead atoms. The first-order chi connectivity index (χ1) is 11.5. The van der Waals surface area contributed by atoms with E-state index < -0.39 is 0 Å². The van der Waals surface area contributed by atoms with Crippen LogP contribution in [0.1, 0.15) is 60.4 Å². The minimum absolute atomic E-state index is 0.198. The second-order valence-electron chi connectivity index (χ2n) is 5.93. The summed E-state index contributed by atoms with van der Waals surface area (Å²) in [6, 6.07) is 6.12. The molecule has 0 saturated heterocycles. The van der Waals surface area contributed by atoms with Crippen LogP contribution in [0, 0.1) is 0 Å². The van der Waals surface area contributed by atoms with Crippen LogP contribution < -0.4 is 5.32 Å². The van der Waals surface area contributed by atoms with Gasteiger partial charge in [-0.3, -0.25) is 4.79 Å². The molecule has 1 aromatic carbocycles. The number of fused-ring (bicyclic) bond motifs is 1. The highest BCUT2D eigenvalue weighted by Gasteiger charge is 2.19. The van der Waals surface area contributed by atoms with Gasteiger partial charge >= 0.3 is 0 Å². The smallest absolute Gasteiger partial charge is 0.286 e. The van der Waals surface area contributed by atoms with Crippen molar-refractivity contribution < 1.29 is 4.79 Å². The quantitative estimate of drug-likeness (QED) is 0.767. The Morgan fingerprint density at radius 2 is 1.88 bits per heavy atom. The Morgan fingerprint density at radius 1 is 1.21 bits per heavy atom. The van der Waals surface area contributed by atoms with Crippen molar-refractivity contribution in [1.82, 2.24) is 19.8 Å². The number of carbonyl (C=O) groups excluding carboxylic acids is 1. The molecule has 0 saturated carbocycles. The van der Waals surface area contributed by atoms with Gasteiger partial charge in [0.2, 0.25) is 9.97 Å². The molecule has 24 heavy (non-hydrogen) atoms. The Morgan fingerprint density at radius 3 is 2.46 bits per heavy atom. The number of hydrogen-bond acceptors (Lipinski definition) is 5. The summed E-state index contributed by atoms with van der Waals surface area (Å²) in [6.45, 7) is 8.23. The molecule has 0 aliphatic carbocycles. The van der Waals surface area contributed by atoms with E-state index >= 15 is 0 Å². The van der Waals surface area contributed by atoms with Crippen LogP contribution in [0.15, 0.2) is 18.2 Å². The molecule has 3 aromatic rings. The number of nitrogens with zero attached hydrogens (tertiary/aromatic N) is 4. The lowest BCUT2D eigenvalue weighted by molar-refractivity contribution is 0.102. The molecular formula is C17H21N5OS. The van der Waals surface area contributed by atoms with Gasteiger partial charge in [0.25, 0.3) is 5.91 Å². The first-order valence-electron chi connectivity index (χ1n) is 8.19. The number of amides is 1. The molecule has 0 spiro atoms. The van der Waals surface area contributed by atoms with Crippen LogP contribution >= 0.6 is 11.3 Å². The predicted octanol–water partition coefficient (Wildman–Crippen LogP) is 3.69. The summed E-state index contributed by atoms with van der Waals surface area (Å²) >= 11 is 1.26. The van der Waals surface area contributed by atoms with Crippen LogP contribution in [0.5, 0.6) is 0 Å². The van der Waals surface area contributed by atoms with Crippen molar-refractivity contribution >= 4 is 27.9 Å². The lowest BCUT2D eigenvalue weighted by atomic mass is 10.0. The molecule has 2 aromatic heterocycles. The molecule has 1 N–H and O–H groups in total. The number of benzene rings is 1. The van der Waals surface area contributed by atoms with Gasteiger partial charge in [0.15, 0.2) is 5.82 Å². The highest BCUT2D eigenvalue weighted by molar-refractivity contribution is 7.18. The number of hydrogen-bond donors (Lipinski definition) is 1. The SMILES string of the molecule is CCc1cccc(CC)c1NC(=O)c1nn2c(C(C)C)nnc2s1. The Kier molecular flexibility index (Phi) is 4.62. The molecule has 3 rings (SSSR count). The van der Waals surface area contributed by atoms with E-state index in [1.54, 1.807) is 4.52 Å². The zero-order chi connectivity index (χ0) is 17.3. The molecule has 0 atom stereocenters. The maximum Gasteiger partial charge on any atom is 0.286 e. The summed E-state index contributed by atoms with van der Waals surface area (Å²) < 4.78 is 1.66. The summed E-state index contributed by atoms with van der Waals surface area (Å²) in [6.07, 6.45) is 1.73. The zero-order valence-electron chi connectivity index (χ0n) is 14.3. The highest BCUT2D eigenvalue weighted by atomic mass is 32.1. The van der Waals surface area contributed by atoms with Gasteiger partial charge in [-0.25, -0.2) is 0 Å². The Hall–Kier alpha value is -2.28. The Bertz CT molecular complexity index is 858. The number of carbonyl (C=O) groups is 1. The van der Waals surface area contributed by atoms with Crippen LogP contribution in [0.2, 0.25) is 0 Å². The molecule has 0 fully saturated rings. The zero-order valence-corrected chi connectivity index (χ0v) is 15.1. The molecule has 2 heterocycles. The van der Waals surface area contributed by atoms with E-state index in [-0.39, 0.29) is 11.8 Å². The minimum atomic E-state index is -0.198. The van der Waals surface area contributed by atoms with Crippen LogP contribution in [0.3, 0.4) is 0 Å². The van der Waals surface area contributed by atoms with Crippen LogP contribution in [0.4, 0.5) is 5.69 Å². The van der Waals surface area contributed by atoms with Crippen molar-refractivity contribution in [3.05, 3.63) is 40.2 Å². The predicted molar refractivity (Wildman–Crippen MR) is 95.9 cm³/mol. The lowest BCUT2D eigenvalue weighted by Gasteiger charge is -2.13. The third-order valence-electron chi connectivity index (χ3n) is 3.96. The Labute approximate surface area is 144 Å². The molecule has 0 aliphatic rings. The van der Waals surface area contributed by atoms with Crippen molar-refractivity contribution in [2.45, 2.75) is 46.5 Å². The molecule has 7 heteroatoms. The summed E-state index contributed by atoms with van der Waals surface area (Å²) in [7, 11) is 0. The van der Waals surface area contributed by atoms with E-state index in [4.69, 9.17) is 0 Å². The van der Waals surface area contributed by atoms with Gasteiger partial charge in [-0.2, -0.15) is 4.52 Å². The monoisotopic (exact) mass is 343 g/mol. The van der Waals surface area contributed by atoms with Gasteiger partial charge in [-0.05, 0) is 24.0 Å². The van der Waals surface area contributed by atoms with E-state index in [1.807, 2.05) is 32.0 Å². The molecule has 0 radical (unpaired) electrons. The van der Waals surface area contributed by atoms with Gasteiger partial charge in [0.05, 0.1) is 0 Å². The summed E-state index contributed by atoms with van der Waals surface area (Å²) in [5.74, 6) is 0.768. The van der Waals surface area contributed by atoms with E-state index in [0.717, 1.165) is 35.5 Å². The molecule has 1 amide bonds. The van der Waals surface area contributed by atoms with E-state index in [2.05, 4.69) is 34.5 Å². The largest absolute Gasteiger partial charge is 0.319 e. The average Bonchev–Trinajstić information content (AvgIpc) is 3.15. The summed E-state index contributed by atoms with van der Waals surface area (Å²) in [4.78, 5) is 13.3. The number of rotatable bonds is 5. The molecule has 126 valence electrons. The van der Waals surface area contributed by atoms with Crippen LogP contribution in [0.25, 0.3) is 4.96 Å². The van der Waals surface area contributed by atoms with E-state index in [9.17, 15) is 4.79 Å². The second-order valence-corrected chi connectivity index (χ2v) is 6.88. The van der Waals surface area contributed by atoms with Gasteiger partial charge < -0.3 is 5.32 Å². The molecule has 0 aliphatic heterocycles. The third kappa shape index (κ3) is 2.91. The highest BCUT2D eigenvalue weighted by Crippen LogP contribution is 2.24. The normalized spacial score (nSPS) is 11.4. The van der Waals surface area contributed by atoms with Crippen molar-refractivity contribution in [3.63, 3.8) is 0 Å². The summed E-state index contributed by atoms with van der Waals surface area (Å²) in [5.41, 5.74) is 3.17. The molecular weight excluding hydrogens is 322 g/mol. The van der Waals surface area contributed by atoms with E-state index in [1.165, 1.54) is 11.3 Å². The average molecular weight is 343 g/mol. The number of aryl methyl sites for hydroxylation is 2.